The molecule has 0 aliphatic heterocycles. The predicted octanol–water partition coefficient (Wildman–Crippen LogP) is 2.80. The van der Waals surface area contributed by atoms with Crippen LogP contribution in [0, 0.1) is 0 Å². The predicted molar refractivity (Wildman–Crippen MR) is 109 cm³/mol. The van der Waals surface area contributed by atoms with Crippen molar-refractivity contribution in [2.45, 2.75) is 31.0 Å². The van der Waals surface area contributed by atoms with Gasteiger partial charge in [0.2, 0.25) is 0 Å². The van der Waals surface area contributed by atoms with Crippen LogP contribution in [0.4, 0.5) is 0 Å². The second-order valence-electron chi connectivity index (χ2n) is 6.78. The third-order valence-corrected chi connectivity index (χ3v) is 5.70. The van der Waals surface area contributed by atoms with Crippen molar-refractivity contribution in [2.75, 3.05) is 6.26 Å². The molecule has 7 nitrogen and oxygen atoms in total. The van der Waals surface area contributed by atoms with E-state index in [1.807, 2.05) is 0 Å². The van der Waals surface area contributed by atoms with E-state index in [-0.39, 0.29) is 22.5 Å². The molecule has 0 aromatic heterocycles. The largest absolute Gasteiger partial charge is 0.411 e. The van der Waals surface area contributed by atoms with Crippen LogP contribution in [0.5, 0.6) is 0 Å². The molecule has 0 amide bonds. The smallest absolute Gasteiger partial charge is 0.349 e. The van der Waals surface area contributed by atoms with Crippen LogP contribution in [0.1, 0.15) is 31.4 Å². The first-order valence-electron chi connectivity index (χ1n) is 9.17. The average molecular weight is 428 g/mol. The van der Waals surface area contributed by atoms with Gasteiger partial charge in [0, 0.05) is 25.2 Å². The highest BCUT2D eigenvalue weighted by Crippen LogP contribution is 2.50. The van der Waals surface area contributed by atoms with Crippen LogP contribution in [0.3, 0.4) is 0 Å². The van der Waals surface area contributed by atoms with E-state index in [0.29, 0.717) is 11.1 Å². The second-order valence-corrected chi connectivity index (χ2v) is 8.80. The standard InChI is InChI=1S/C22H20O7S/c1-4-18(24)29-22(28-14(2)23)20(16-10-12-17(13-11-16)30(3,26)27)19(21(22)25)15-8-6-5-7-9-15/h5-13H,4H2,1-3H3. The third kappa shape index (κ3) is 3.78. The highest BCUT2D eigenvalue weighted by atomic mass is 32.2. The summed E-state index contributed by atoms with van der Waals surface area (Å²) in [6.45, 7) is 2.66. The molecule has 1 unspecified atom stereocenters. The molecule has 1 aliphatic rings. The van der Waals surface area contributed by atoms with Gasteiger partial charge in [-0.25, -0.2) is 8.42 Å². The monoisotopic (exact) mass is 428 g/mol. The van der Waals surface area contributed by atoms with Crippen molar-refractivity contribution in [3.05, 3.63) is 65.7 Å². The van der Waals surface area contributed by atoms with Crippen LogP contribution in [-0.4, -0.2) is 38.2 Å². The zero-order chi connectivity index (χ0) is 22.1. The first-order valence-corrected chi connectivity index (χ1v) is 11.1. The molecule has 30 heavy (non-hydrogen) atoms. The number of Topliss-reactive ketones (excluding diaryl/α,β-unsaturated/α-hetero) is 1. The lowest BCUT2D eigenvalue weighted by molar-refractivity contribution is -0.207. The summed E-state index contributed by atoms with van der Waals surface area (Å²) in [5.41, 5.74) is 1.37. The van der Waals surface area contributed by atoms with Gasteiger partial charge in [0.1, 0.15) is 0 Å². The normalized spacial score (nSPS) is 18.6. The van der Waals surface area contributed by atoms with E-state index in [4.69, 9.17) is 9.47 Å². The topological polar surface area (TPSA) is 104 Å². The number of benzene rings is 2. The lowest BCUT2D eigenvalue weighted by Gasteiger charge is -2.41. The van der Waals surface area contributed by atoms with E-state index in [1.54, 1.807) is 37.3 Å². The summed E-state index contributed by atoms with van der Waals surface area (Å²) in [7, 11) is -3.43. The van der Waals surface area contributed by atoms with Crippen molar-refractivity contribution in [3.8, 4) is 0 Å². The van der Waals surface area contributed by atoms with Crippen molar-refractivity contribution in [2.24, 2.45) is 0 Å². The molecule has 0 heterocycles. The molecule has 0 saturated carbocycles. The molecule has 0 N–H and O–H groups in total. The summed E-state index contributed by atoms with van der Waals surface area (Å²) in [5.74, 6) is -4.39. The molecule has 1 atom stereocenters. The maximum absolute atomic E-state index is 13.2. The summed E-state index contributed by atoms with van der Waals surface area (Å²) in [4.78, 5) is 37.1. The highest BCUT2D eigenvalue weighted by Gasteiger charge is 2.61. The molecule has 0 bridgehead atoms. The van der Waals surface area contributed by atoms with Gasteiger partial charge in [-0.3, -0.25) is 14.4 Å². The Morgan fingerprint density at radius 1 is 0.933 bits per heavy atom. The zero-order valence-corrected chi connectivity index (χ0v) is 17.5. The van der Waals surface area contributed by atoms with Crippen LogP contribution in [0.2, 0.25) is 0 Å². The fraction of sp³-hybridized carbons (Fsp3) is 0.227. The lowest BCUT2D eigenvalue weighted by atomic mass is 9.73. The Morgan fingerprint density at radius 2 is 1.53 bits per heavy atom. The maximum Gasteiger partial charge on any atom is 0.349 e. The van der Waals surface area contributed by atoms with Gasteiger partial charge in [0.25, 0.3) is 5.78 Å². The first kappa shape index (κ1) is 21.4. The minimum Gasteiger partial charge on any atom is -0.411 e. The molecule has 0 radical (unpaired) electrons. The van der Waals surface area contributed by atoms with E-state index in [9.17, 15) is 22.8 Å². The number of rotatable bonds is 6. The lowest BCUT2D eigenvalue weighted by Crippen LogP contribution is -2.55. The summed E-state index contributed by atoms with van der Waals surface area (Å²) in [5, 5.41) is 0. The van der Waals surface area contributed by atoms with E-state index >= 15 is 0 Å². The SMILES string of the molecule is CCC(=O)OC1(OC(C)=O)C(=O)C(c2ccccc2)=C1c1ccc(S(C)(=O)=O)cc1. The van der Waals surface area contributed by atoms with Crippen LogP contribution in [0.15, 0.2) is 59.5 Å². The molecular weight excluding hydrogens is 408 g/mol. The molecule has 3 rings (SSSR count). The number of sulfone groups is 1. The van der Waals surface area contributed by atoms with Gasteiger partial charge in [-0.15, -0.1) is 0 Å². The van der Waals surface area contributed by atoms with Crippen molar-refractivity contribution >= 4 is 38.7 Å². The van der Waals surface area contributed by atoms with Crippen LogP contribution < -0.4 is 0 Å². The van der Waals surface area contributed by atoms with Gasteiger partial charge in [0.15, 0.2) is 9.84 Å². The number of esters is 2. The Labute approximate surface area is 174 Å². The van der Waals surface area contributed by atoms with Crippen LogP contribution in [-0.2, 0) is 33.7 Å². The molecule has 156 valence electrons. The molecule has 2 aromatic rings. The maximum atomic E-state index is 13.2. The summed E-state index contributed by atoms with van der Waals surface area (Å²) in [6.07, 6.45) is 1.05. The highest BCUT2D eigenvalue weighted by molar-refractivity contribution is 7.90. The summed E-state index contributed by atoms with van der Waals surface area (Å²) in [6, 6.07) is 14.4. The number of hydrogen-bond acceptors (Lipinski definition) is 7. The van der Waals surface area contributed by atoms with E-state index in [2.05, 4.69) is 0 Å². The van der Waals surface area contributed by atoms with Gasteiger partial charge < -0.3 is 9.47 Å². The minimum atomic E-state index is -3.43. The van der Waals surface area contributed by atoms with Crippen LogP contribution in [0.25, 0.3) is 11.1 Å². The molecule has 0 fully saturated rings. The molecule has 0 saturated heterocycles. The quantitative estimate of drug-likeness (QED) is 0.515. The van der Waals surface area contributed by atoms with E-state index in [0.717, 1.165) is 13.2 Å². The van der Waals surface area contributed by atoms with Gasteiger partial charge in [-0.2, -0.15) is 0 Å². The number of hydrogen-bond donors (Lipinski definition) is 0. The van der Waals surface area contributed by atoms with Crippen LogP contribution >= 0.6 is 0 Å². The van der Waals surface area contributed by atoms with Gasteiger partial charge in [-0.1, -0.05) is 49.4 Å². The molecule has 8 heteroatoms. The fourth-order valence-electron chi connectivity index (χ4n) is 3.23. The van der Waals surface area contributed by atoms with Gasteiger partial charge >= 0.3 is 17.7 Å². The number of ketones is 1. The van der Waals surface area contributed by atoms with E-state index < -0.39 is 33.3 Å². The third-order valence-electron chi connectivity index (χ3n) is 4.57. The molecule has 1 aliphatic carbocycles. The molecule has 0 spiro atoms. The van der Waals surface area contributed by atoms with Gasteiger partial charge in [0.05, 0.1) is 10.5 Å². The minimum absolute atomic E-state index is 0.0305. The first-order chi connectivity index (χ1) is 14.1. The van der Waals surface area contributed by atoms with Crippen molar-refractivity contribution in [1.82, 2.24) is 0 Å². The Balaban J connectivity index is 2.25. The Hall–Kier alpha value is -3.26. The Kier molecular flexibility index (Phi) is 5.63. The zero-order valence-electron chi connectivity index (χ0n) is 16.7. The summed E-state index contributed by atoms with van der Waals surface area (Å²) >= 11 is 0. The van der Waals surface area contributed by atoms with Gasteiger partial charge in [-0.05, 0) is 23.3 Å². The molecule has 2 aromatic carbocycles. The number of carbonyl (C=O) groups is 3. The second kappa shape index (κ2) is 7.87. The summed E-state index contributed by atoms with van der Waals surface area (Å²) < 4.78 is 34.2. The average Bonchev–Trinajstić information content (AvgIpc) is 2.70. The van der Waals surface area contributed by atoms with E-state index in [1.165, 1.54) is 24.3 Å². The van der Waals surface area contributed by atoms with Crippen molar-refractivity contribution in [3.63, 3.8) is 0 Å². The molecular formula is C22H20O7S. The number of ether oxygens (including phenoxy) is 2. The fourth-order valence-corrected chi connectivity index (χ4v) is 3.86. The van der Waals surface area contributed by atoms with Crippen molar-refractivity contribution < 1.29 is 32.3 Å². The van der Waals surface area contributed by atoms with Crippen molar-refractivity contribution in [1.29, 1.82) is 0 Å². The Morgan fingerprint density at radius 3 is 2.03 bits per heavy atom. The Bertz CT molecular complexity index is 1150. The number of carbonyl (C=O) groups excluding carboxylic acids is 3.